The molecule has 0 bridgehead atoms. The summed E-state index contributed by atoms with van der Waals surface area (Å²) in [6.45, 7) is 4.95. The molecule has 0 atom stereocenters. The Morgan fingerprint density at radius 1 is 1.24 bits per heavy atom. The molecular formula is C18H20FN5O. The van der Waals surface area contributed by atoms with Crippen LogP contribution in [0, 0.1) is 12.7 Å². The smallest absolute Gasteiger partial charge is 0.261 e. The van der Waals surface area contributed by atoms with Crippen LogP contribution in [0.25, 0.3) is 10.9 Å². The molecule has 25 heavy (non-hydrogen) atoms. The second kappa shape index (κ2) is 6.07. The van der Waals surface area contributed by atoms with E-state index in [1.807, 2.05) is 24.9 Å². The molecule has 7 heteroatoms. The lowest BCUT2D eigenvalue weighted by Crippen LogP contribution is -2.28. The van der Waals surface area contributed by atoms with Gasteiger partial charge in [-0.2, -0.15) is 5.10 Å². The van der Waals surface area contributed by atoms with Gasteiger partial charge in [-0.25, -0.2) is 9.37 Å². The zero-order valence-corrected chi connectivity index (χ0v) is 14.4. The van der Waals surface area contributed by atoms with Crippen LogP contribution in [-0.2, 0) is 26.6 Å². The lowest BCUT2D eigenvalue weighted by Gasteiger charge is -2.18. The average Bonchev–Trinajstić information content (AvgIpc) is 2.77. The predicted molar refractivity (Wildman–Crippen MR) is 92.9 cm³/mol. The molecule has 1 aliphatic heterocycles. The Kier molecular flexibility index (Phi) is 3.88. The highest BCUT2D eigenvalue weighted by atomic mass is 19.1. The highest BCUT2D eigenvalue weighted by Gasteiger charge is 2.19. The van der Waals surface area contributed by atoms with Crippen molar-refractivity contribution in [2.24, 2.45) is 7.05 Å². The van der Waals surface area contributed by atoms with Crippen molar-refractivity contribution in [2.75, 3.05) is 13.1 Å². The van der Waals surface area contributed by atoms with Gasteiger partial charge in [-0.05, 0) is 25.1 Å². The summed E-state index contributed by atoms with van der Waals surface area (Å²) in [5.74, 6) is 0.365. The molecule has 0 unspecified atom stereocenters. The molecule has 0 fully saturated rings. The summed E-state index contributed by atoms with van der Waals surface area (Å²) in [6.07, 6.45) is 2.73. The average molecular weight is 341 g/mol. The van der Waals surface area contributed by atoms with Crippen LogP contribution in [-0.4, -0.2) is 37.3 Å². The maximum Gasteiger partial charge on any atom is 0.261 e. The molecular weight excluding hydrogens is 321 g/mol. The largest absolute Gasteiger partial charge is 0.297 e. The van der Waals surface area contributed by atoms with E-state index in [-0.39, 0.29) is 5.56 Å². The van der Waals surface area contributed by atoms with Gasteiger partial charge < -0.3 is 0 Å². The van der Waals surface area contributed by atoms with Crippen molar-refractivity contribution in [1.29, 1.82) is 0 Å². The first-order valence-corrected chi connectivity index (χ1v) is 8.42. The Bertz CT molecular complexity index is 1010. The van der Waals surface area contributed by atoms with Gasteiger partial charge in [-0.15, -0.1) is 0 Å². The third kappa shape index (κ3) is 2.95. The molecule has 0 radical (unpaired) electrons. The lowest BCUT2D eigenvalue weighted by molar-refractivity contribution is 0.270. The fourth-order valence-electron chi connectivity index (χ4n) is 3.47. The first-order valence-electron chi connectivity index (χ1n) is 8.42. The second-order valence-corrected chi connectivity index (χ2v) is 6.59. The SMILES string of the molecule is Cc1nn(C)cc1CN1CCc2nc3ccc(F)cc3c(=O)n2CC1. The summed E-state index contributed by atoms with van der Waals surface area (Å²) in [5.41, 5.74) is 2.63. The van der Waals surface area contributed by atoms with Crippen molar-refractivity contribution in [3.63, 3.8) is 0 Å². The molecule has 0 N–H and O–H groups in total. The lowest BCUT2D eigenvalue weighted by atomic mass is 10.2. The molecule has 0 spiro atoms. The highest BCUT2D eigenvalue weighted by molar-refractivity contribution is 5.77. The number of nitrogens with zero attached hydrogens (tertiary/aromatic N) is 5. The maximum atomic E-state index is 13.5. The van der Waals surface area contributed by atoms with E-state index in [1.165, 1.54) is 17.7 Å². The molecule has 6 nitrogen and oxygen atoms in total. The van der Waals surface area contributed by atoms with Gasteiger partial charge in [0.2, 0.25) is 0 Å². The first-order chi connectivity index (χ1) is 12.0. The van der Waals surface area contributed by atoms with Gasteiger partial charge in [0.15, 0.2) is 0 Å². The van der Waals surface area contributed by atoms with Crippen LogP contribution < -0.4 is 5.56 Å². The van der Waals surface area contributed by atoms with Gasteiger partial charge in [-0.1, -0.05) is 0 Å². The fourth-order valence-corrected chi connectivity index (χ4v) is 3.47. The van der Waals surface area contributed by atoms with Crippen LogP contribution in [0.15, 0.2) is 29.2 Å². The third-order valence-corrected chi connectivity index (χ3v) is 4.80. The Balaban J connectivity index is 1.63. The topological polar surface area (TPSA) is 56.0 Å². The summed E-state index contributed by atoms with van der Waals surface area (Å²) in [6, 6.07) is 4.20. The Morgan fingerprint density at radius 3 is 2.84 bits per heavy atom. The molecule has 0 amide bonds. The van der Waals surface area contributed by atoms with Gasteiger partial charge in [0.05, 0.1) is 16.6 Å². The zero-order valence-electron chi connectivity index (χ0n) is 14.4. The van der Waals surface area contributed by atoms with Gasteiger partial charge in [-0.3, -0.25) is 18.9 Å². The van der Waals surface area contributed by atoms with Gasteiger partial charge in [0.1, 0.15) is 11.6 Å². The quantitative estimate of drug-likeness (QED) is 0.711. The number of fused-ring (bicyclic) bond motifs is 2. The highest BCUT2D eigenvalue weighted by Crippen LogP contribution is 2.15. The molecule has 0 saturated carbocycles. The molecule has 3 heterocycles. The molecule has 1 aliphatic rings. The van der Waals surface area contributed by atoms with Crippen molar-refractivity contribution in [2.45, 2.75) is 26.4 Å². The number of aryl methyl sites for hydroxylation is 2. The second-order valence-electron chi connectivity index (χ2n) is 6.59. The molecule has 3 aromatic rings. The summed E-state index contributed by atoms with van der Waals surface area (Å²) >= 11 is 0. The van der Waals surface area contributed by atoms with Crippen molar-refractivity contribution >= 4 is 10.9 Å². The standard InChI is InChI=1S/C18H20FN5O/c1-12-13(10-22(2)21-12)11-23-6-5-17-20-16-4-3-14(19)9-15(16)18(25)24(17)8-7-23/h3-4,9-10H,5-8,11H2,1-2H3. The van der Waals surface area contributed by atoms with E-state index in [1.54, 1.807) is 10.6 Å². The number of hydrogen-bond donors (Lipinski definition) is 0. The minimum absolute atomic E-state index is 0.154. The minimum Gasteiger partial charge on any atom is -0.297 e. The Morgan fingerprint density at radius 2 is 2.08 bits per heavy atom. The van der Waals surface area contributed by atoms with Crippen molar-refractivity contribution in [1.82, 2.24) is 24.2 Å². The van der Waals surface area contributed by atoms with Gasteiger partial charge in [0.25, 0.3) is 5.56 Å². The molecule has 4 rings (SSSR count). The van der Waals surface area contributed by atoms with E-state index in [0.717, 1.165) is 31.2 Å². The van der Waals surface area contributed by atoms with Crippen LogP contribution in [0.5, 0.6) is 0 Å². The van der Waals surface area contributed by atoms with Crippen LogP contribution in [0.2, 0.25) is 0 Å². The summed E-state index contributed by atoms with van der Waals surface area (Å²) in [4.78, 5) is 19.6. The number of aromatic nitrogens is 4. The van der Waals surface area contributed by atoms with E-state index in [2.05, 4.69) is 15.0 Å². The van der Waals surface area contributed by atoms with Gasteiger partial charge >= 0.3 is 0 Å². The Hall–Kier alpha value is -2.54. The van der Waals surface area contributed by atoms with Crippen LogP contribution in [0.1, 0.15) is 17.1 Å². The number of benzene rings is 1. The molecule has 1 aromatic carbocycles. The first kappa shape index (κ1) is 16.0. The number of rotatable bonds is 2. The third-order valence-electron chi connectivity index (χ3n) is 4.80. The van der Waals surface area contributed by atoms with Crippen LogP contribution >= 0.6 is 0 Å². The predicted octanol–water partition coefficient (Wildman–Crippen LogP) is 1.64. The van der Waals surface area contributed by atoms with Crippen LogP contribution in [0.3, 0.4) is 0 Å². The summed E-state index contributed by atoms with van der Waals surface area (Å²) in [5, 5.41) is 4.73. The fraction of sp³-hybridized carbons (Fsp3) is 0.389. The summed E-state index contributed by atoms with van der Waals surface area (Å²) in [7, 11) is 1.92. The van der Waals surface area contributed by atoms with E-state index >= 15 is 0 Å². The van der Waals surface area contributed by atoms with Crippen LogP contribution in [0.4, 0.5) is 4.39 Å². The molecule has 0 aliphatic carbocycles. The van der Waals surface area contributed by atoms with E-state index < -0.39 is 5.82 Å². The molecule has 130 valence electrons. The number of halogens is 1. The minimum atomic E-state index is -0.408. The molecule has 2 aromatic heterocycles. The zero-order chi connectivity index (χ0) is 17.6. The summed E-state index contributed by atoms with van der Waals surface area (Å²) < 4.78 is 17.0. The van der Waals surface area contributed by atoms with E-state index in [4.69, 9.17) is 0 Å². The van der Waals surface area contributed by atoms with Crippen molar-refractivity contribution in [3.05, 3.63) is 57.6 Å². The number of hydrogen-bond acceptors (Lipinski definition) is 4. The van der Waals surface area contributed by atoms with Gasteiger partial charge in [0, 0.05) is 51.4 Å². The normalized spacial score (nSPS) is 15.3. The van der Waals surface area contributed by atoms with Crippen molar-refractivity contribution < 1.29 is 4.39 Å². The van der Waals surface area contributed by atoms with E-state index in [9.17, 15) is 9.18 Å². The maximum absolute atomic E-state index is 13.5. The monoisotopic (exact) mass is 341 g/mol. The molecule has 0 saturated heterocycles. The van der Waals surface area contributed by atoms with E-state index in [0.29, 0.717) is 23.9 Å². The Labute approximate surface area is 144 Å². The van der Waals surface area contributed by atoms with Crippen molar-refractivity contribution in [3.8, 4) is 0 Å².